The Balaban J connectivity index is 1.99. The summed E-state index contributed by atoms with van der Waals surface area (Å²) in [6.07, 6.45) is 0. The quantitative estimate of drug-likeness (QED) is 0.765. The van der Waals surface area contributed by atoms with Crippen molar-refractivity contribution in [2.75, 3.05) is 19.0 Å². The van der Waals surface area contributed by atoms with Crippen LogP contribution in [-0.2, 0) is 16.1 Å². The van der Waals surface area contributed by atoms with Gasteiger partial charge in [0.05, 0.1) is 24.9 Å². The van der Waals surface area contributed by atoms with Crippen molar-refractivity contribution in [3.63, 3.8) is 0 Å². The number of amides is 2. The second-order valence-corrected chi connectivity index (χ2v) is 5.74. The number of methoxy groups -OCH3 is 1. The predicted octanol–water partition coefficient (Wildman–Crippen LogP) is 1.67. The fourth-order valence-electron chi connectivity index (χ4n) is 2.46. The molecule has 0 aliphatic carbocycles. The maximum absolute atomic E-state index is 12.2. The fraction of sp³-hybridized carbons (Fsp3) is 0.333. The minimum Gasteiger partial charge on any atom is -0.465 e. The standard InChI is InChI=1S/C18H22N4O4/c1-5-22-15(8-12(3)21-22)17(24)19-10-16(23)20-13-7-6-11(2)14(9-13)18(25)26-4/h6-9H,5,10H2,1-4H3,(H,19,24)(H,20,23). The van der Waals surface area contributed by atoms with E-state index in [4.69, 9.17) is 4.74 Å². The lowest BCUT2D eigenvalue weighted by molar-refractivity contribution is -0.115. The molecule has 1 aromatic heterocycles. The maximum Gasteiger partial charge on any atom is 0.338 e. The summed E-state index contributed by atoms with van der Waals surface area (Å²) in [6, 6.07) is 6.59. The van der Waals surface area contributed by atoms with E-state index >= 15 is 0 Å². The van der Waals surface area contributed by atoms with Gasteiger partial charge in [-0.3, -0.25) is 14.3 Å². The molecule has 2 aromatic rings. The van der Waals surface area contributed by atoms with Crippen molar-refractivity contribution >= 4 is 23.5 Å². The average Bonchev–Trinajstić information content (AvgIpc) is 3.01. The topological polar surface area (TPSA) is 102 Å². The number of hydrogen-bond donors (Lipinski definition) is 2. The molecule has 2 rings (SSSR count). The summed E-state index contributed by atoms with van der Waals surface area (Å²) in [5.74, 6) is -1.26. The number of aromatic nitrogens is 2. The van der Waals surface area contributed by atoms with Crippen molar-refractivity contribution in [2.45, 2.75) is 27.3 Å². The Bertz CT molecular complexity index is 842. The normalized spacial score (nSPS) is 10.3. The summed E-state index contributed by atoms with van der Waals surface area (Å²) in [6.45, 7) is 5.81. The molecule has 0 fully saturated rings. The van der Waals surface area contributed by atoms with Crippen LogP contribution in [-0.4, -0.2) is 41.2 Å². The van der Waals surface area contributed by atoms with Crippen LogP contribution in [0.2, 0.25) is 0 Å². The molecule has 0 radical (unpaired) electrons. The highest BCUT2D eigenvalue weighted by Crippen LogP contribution is 2.16. The van der Waals surface area contributed by atoms with Gasteiger partial charge < -0.3 is 15.4 Å². The number of hydrogen-bond acceptors (Lipinski definition) is 5. The van der Waals surface area contributed by atoms with Crippen molar-refractivity contribution in [3.8, 4) is 0 Å². The summed E-state index contributed by atoms with van der Waals surface area (Å²) in [4.78, 5) is 36.0. The first kappa shape index (κ1) is 19.2. The van der Waals surface area contributed by atoms with E-state index in [2.05, 4.69) is 15.7 Å². The third kappa shape index (κ3) is 4.47. The zero-order chi connectivity index (χ0) is 19.3. The fourth-order valence-corrected chi connectivity index (χ4v) is 2.46. The van der Waals surface area contributed by atoms with E-state index in [0.717, 1.165) is 11.3 Å². The third-order valence-electron chi connectivity index (χ3n) is 3.77. The molecule has 1 heterocycles. The van der Waals surface area contributed by atoms with Crippen LogP contribution in [0.1, 0.15) is 39.0 Å². The van der Waals surface area contributed by atoms with Crippen molar-refractivity contribution < 1.29 is 19.1 Å². The molecular formula is C18H22N4O4. The van der Waals surface area contributed by atoms with Gasteiger partial charge in [0.2, 0.25) is 5.91 Å². The van der Waals surface area contributed by atoms with Crippen LogP contribution >= 0.6 is 0 Å². The monoisotopic (exact) mass is 358 g/mol. The van der Waals surface area contributed by atoms with E-state index < -0.39 is 11.9 Å². The summed E-state index contributed by atoms with van der Waals surface area (Å²) in [5.41, 5.74) is 2.70. The van der Waals surface area contributed by atoms with Gasteiger partial charge in [0.25, 0.3) is 5.91 Å². The molecule has 8 nitrogen and oxygen atoms in total. The molecular weight excluding hydrogens is 336 g/mol. The SMILES string of the molecule is CCn1nc(C)cc1C(=O)NCC(=O)Nc1ccc(C)c(C(=O)OC)c1. The molecule has 8 heteroatoms. The van der Waals surface area contributed by atoms with E-state index in [0.29, 0.717) is 23.5 Å². The molecule has 2 N–H and O–H groups in total. The Morgan fingerprint density at radius 3 is 2.58 bits per heavy atom. The Hall–Kier alpha value is -3.16. The number of rotatable bonds is 6. The smallest absolute Gasteiger partial charge is 0.338 e. The number of esters is 1. The first-order chi connectivity index (χ1) is 12.3. The van der Waals surface area contributed by atoms with E-state index in [-0.39, 0.29) is 12.5 Å². The van der Waals surface area contributed by atoms with Crippen molar-refractivity contribution in [1.29, 1.82) is 0 Å². The lowest BCUT2D eigenvalue weighted by Gasteiger charge is -2.10. The van der Waals surface area contributed by atoms with Crippen LogP contribution in [0.3, 0.4) is 0 Å². The van der Waals surface area contributed by atoms with Crippen LogP contribution in [0.25, 0.3) is 0 Å². The first-order valence-corrected chi connectivity index (χ1v) is 8.17. The lowest BCUT2D eigenvalue weighted by Crippen LogP contribution is -2.34. The molecule has 138 valence electrons. The molecule has 1 aromatic carbocycles. The summed E-state index contributed by atoms with van der Waals surface area (Å²) in [5, 5.41) is 9.41. The molecule has 0 bridgehead atoms. The molecule has 0 unspecified atom stereocenters. The number of ether oxygens (including phenoxy) is 1. The van der Waals surface area contributed by atoms with E-state index in [1.807, 2.05) is 6.92 Å². The molecule has 26 heavy (non-hydrogen) atoms. The summed E-state index contributed by atoms with van der Waals surface area (Å²) in [7, 11) is 1.30. The van der Waals surface area contributed by atoms with Gasteiger partial charge in [-0.1, -0.05) is 6.07 Å². The van der Waals surface area contributed by atoms with Gasteiger partial charge in [-0.25, -0.2) is 4.79 Å². The molecule has 0 atom stereocenters. The highest BCUT2D eigenvalue weighted by Gasteiger charge is 2.15. The second-order valence-electron chi connectivity index (χ2n) is 5.74. The van der Waals surface area contributed by atoms with Crippen molar-refractivity contribution in [1.82, 2.24) is 15.1 Å². The van der Waals surface area contributed by atoms with Gasteiger partial charge in [-0.2, -0.15) is 5.10 Å². The Labute approximate surface area is 151 Å². The number of carbonyl (C=O) groups excluding carboxylic acids is 3. The summed E-state index contributed by atoms with van der Waals surface area (Å²) >= 11 is 0. The van der Waals surface area contributed by atoms with Crippen LogP contribution in [0.15, 0.2) is 24.3 Å². The number of aryl methyl sites for hydroxylation is 3. The zero-order valence-corrected chi connectivity index (χ0v) is 15.3. The highest BCUT2D eigenvalue weighted by molar-refractivity contribution is 5.99. The number of nitrogens with one attached hydrogen (secondary N) is 2. The number of nitrogens with zero attached hydrogens (tertiary/aromatic N) is 2. The molecule has 0 aliphatic heterocycles. The predicted molar refractivity (Wildman–Crippen MR) is 96.1 cm³/mol. The first-order valence-electron chi connectivity index (χ1n) is 8.17. The second kappa shape index (κ2) is 8.28. The van der Waals surface area contributed by atoms with E-state index in [1.165, 1.54) is 13.2 Å². The largest absolute Gasteiger partial charge is 0.465 e. The van der Waals surface area contributed by atoms with Crippen molar-refractivity contribution in [3.05, 3.63) is 46.8 Å². The molecule has 0 saturated heterocycles. The van der Waals surface area contributed by atoms with Crippen LogP contribution < -0.4 is 10.6 Å². The van der Waals surface area contributed by atoms with Crippen LogP contribution in [0.5, 0.6) is 0 Å². The molecule has 0 aliphatic rings. The highest BCUT2D eigenvalue weighted by atomic mass is 16.5. The average molecular weight is 358 g/mol. The van der Waals surface area contributed by atoms with E-state index in [1.54, 1.807) is 36.7 Å². The van der Waals surface area contributed by atoms with Gasteiger partial charge in [0.1, 0.15) is 5.69 Å². The lowest BCUT2D eigenvalue weighted by atomic mass is 10.1. The van der Waals surface area contributed by atoms with Gasteiger partial charge >= 0.3 is 5.97 Å². The maximum atomic E-state index is 12.2. The third-order valence-corrected chi connectivity index (χ3v) is 3.77. The Morgan fingerprint density at radius 2 is 1.92 bits per heavy atom. The Morgan fingerprint density at radius 1 is 1.19 bits per heavy atom. The van der Waals surface area contributed by atoms with Gasteiger partial charge in [-0.15, -0.1) is 0 Å². The van der Waals surface area contributed by atoms with Gasteiger partial charge in [-0.05, 0) is 44.5 Å². The minimum atomic E-state index is -0.477. The molecule has 2 amide bonds. The molecule has 0 saturated carbocycles. The van der Waals surface area contributed by atoms with Crippen LogP contribution in [0, 0.1) is 13.8 Å². The molecule has 0 spiro atoms. The van der Waals surface area contributed by atoms with Crippen molar-refractivity contribution in [2.24, 2.45) is 0 Å². The van der Waals surface area contributed by atoms with Gasteiger partial charge in [0.15, 0.2) is 0 Å². The number of benzene rings is 1. The number of carbonyl (C=O) groups is 3. The number of anilines is 1. The Kier molecular flexibility index (Phi) is 6.11. The minimum absolute atomic E-state index is 0.200. The zero-order valence-electron chi connectivity index (χ0n) is 15.3. The van der Waals surface area contributed by atoms with Gasteiger partial charge in [0, 0.05) is 12.2 Å². The van der Waals surface area contributed by atoms with Crippen LogP contribution in [0.4, 0.5) is 5.69 Å². The summed E-state index contributed by atoms with van der Waals surface area (Å²) < 4.78 is 6.29. The van der Waals surface area contributed by atoms with E-state index in [9.17, 15) is 14.4 Å².